The van der Waals surface area contributed by atoms with Crippen LogP contribution in [0.15, 0.2) is 0 Å². The Morgan fingerprint density at radius 3 is 2.00 bits per heavy atom. The monoisotopic (exact) mass is 192 g/mol. The summed E-state index contributed by atoms with van der Waals surface area (Å²) < 4.78 is 21.1. The Kier molecular flexibility index (Phi) is 3.45. The highest BCUT2D eigenvalue weighted by Gasteiger charge is 2.36. The zero-order chi connectivity index (χ0) is 9.99. The third-order valence-electron chi connectivity index (χ3n) is 2.08. The van der Waals surface area contributed by atoms with Crippen LogP contribution in [-0.4, -0.2) is 25.2 Å². The first kappa shape index (κ1) is 11.6. The third-order valence-corrected chi connectivity index (χ3v) is 4.16. The summed E-state index contributed by atoms with van der Waals surface area (Å²) in [6, 6.07) is 0. The molecule has 0 unspecified atom stereocenters. The van der Waals surface area contributed by atoms with Crippen LogP contribution >= 0.6 is 0 Å². The summed E-state index contributed by atoms with van der Waals surface area (Å²) in [7, 11) is -3.27. The standard InChI is InChI=1S/C8H16O3S/c1-5-6-7(9)8(2,3)12(4,10)11/h5-6H2,1-4H3. The molecule has 0 N–H and O–H groups in total. The van der Waals surface area contributed by atoms with E-state index in [-0.39, 0.29) is 5.78 Å². The Morgan fingerprint density at radius 2 is 1.75 bits per heavy atom. The Balaban J connectivity index is 4.75. The highest BCUT2D eigenvalue weighted by atomic mass is 32.2. The van der Waals surface area contributed by atoms with E-state index >= 15 is 0 Å². The van der Waals surface area contributed by atoms with Crippen molar-refractivity contribution in [3.8, 4) is 0 Å². The van der Waals surface area contributed by atoms with E-state index in [4.69, 9.17) is 0 Å². The van der Waals surface area contributed by atoms with Crippen LogP contribution < -0.4 is 0 Å². The molecule has 0 spiro atoms. The van der Waals surface area contributed by atoms with E-state index in [1.165, 1.54) is 13.8 Å². The van der Waals surface area contributed by atoms with Gasteiger partial charge in [-0.05, 0) is 20.3 Å². The van der Waals surface area contributed by atoms with Gasteiger partial charge in [0.15, 0.2) is 15.6 Å². The fourth-order valence-electron chi connectivity index (χ4n) is 0.735. The van der Waals surface area contributed by atoms with E-state index in [9.17, 15) is 13.2 Å². The molecule has 4 heteroatoms. The third kappa shape index (κ3) is 2.30. The van der Waals surface area contributed by atoms with Crippen LogP contribution in [0.3, 0.4) is 0 Å². The molecule has 0 aliphatic rings. The summed E-state index contributed by atoms with van der Waals surface area (Å²) in [4.78, 5) is 11.3. The van der Waals surface area contributed by atoms with Crippen LogP contribution in [0.4, 0.5) is 0 Å². The molecule has 0 saturated heterocycles. The zero-order valence-corrected chi connectivity index (χ0v) is 8.86. The topological polar surface area (TPSA) is 51.2 Å². The van der Waals surface area contributed by atoms with Crippen molar-refractivity contribution in [1.29, 1.82) is 0 Å². The van der Waals surface area contributed by atoms with Gasteiger partial charge in [0, 0.05) is 12.7 Å². The van der Waals surface area contributed by atoms with Crippen molar-refractivity contribution in [3.63, 3.8) is 0 Å². The smallest absolute Gasteiger partial charge is 0.159 e. The first-order valence-electron chi connectivity index (χ1n) is 3.96. The van der Waals surface area contributed by atoms with Gasteiger partial charge in [0.05, 0.1) is 0 Å². The van der Waals surface area contributed by atoms with Crippen molar-refractivity contribution in [3.05, 3.63) is 0 Å². The minimum Gasteiger partial charge on any atom is -0.298 e. The maximum Gasteiger partial charge on any atom is 0.159 e. The van der Waals surface area contributed by atoms with Gasteiger partial charge in [0.25, 0.3) is 0 Å². The van der Waals surface area contributed by atoms with Crippen molar-refractivity contribution in [2.24, 2.45) is 0 Å². The predicted octanol–water partition coefficient (Wildman–Crippen LogP) is 1.18. The summed E-state index contributed by atoms with van der Waals surface area (Å²) in [5.41, 5.74) is 0. The summed E-state index contributed by atoms with van der Waals surface area (Å²) >= 11 is 0. The zero-order valence-electron chi connectivity index (χ0n) is 8.05. The highest BCUT2D eigenvalue weighted by Crippen LogP contribution is 2.18. The van der Waals surface area contributed by atoms with Crippen LogP contribution in [-0.2, 0) is 14.6 Å². The van der Waals surface area contributed by atoms with Crippen molar-refractivity contribution >= 4 is 15.6 Å². The summed E-state index contributed by atoms with van der Waals surface area (Å²) in [6.07, 6.45) is 2.12. The van der Waals surface area contributed by atoms with Gasteiger partial charge in [0.1, 0.15) is 4.75 Å². The molecule has 0 fully saturated rings. The van der Waals surface area contributed by atoms with E-state index in [1.54, 1.807) is 0 Å². The second kappa shape index (κ2) is 3.56. The number of hydrogen-bond acceptors (Lipinski definition) is 3. The van der Waals surface area contributed by atoms with Crippen LogP contribution in [0.1, 0.15) is 33.6 Å². The van der Waals surface area contributed by atoms with E-state index < -0.39 is 14.6 Å². The van der Waals surface area contributed by atoms with Crippen LogP contribution in [0, 0.1) is 0 Å². The molecular formula is C8H16O3S. The van der Waals surface area contributed by atoms with E-state index in [1.807, 2.05) is 6.92 Å². The number of ketones is 1. The lowest BCUT2D eigenvalue weighted by molar-refractivity contribution is -0.120. The SMILES string of the molecule is CCCC(=O)C(C)(C)S(C)(=O)=O. The van der Waals surface area contributed by atoms with Crippen LogP contribution in [0.5, 0.6) is 0 Å². The second-order valence-corrected chi connectivity index (χ2v) is 6.02. The van der Waals surface area contributed by atoms with Gasteiger partial charge in [-0.2, -0.15) is 0 Å². The minimum atomic E-state index is -3.27. The molecule has 12 heavy (non-hydrogen) atoms. The van der Waals surface area contributed by atoms with Crippen molar-refractivity contribution in [2.75, 3.05) is 6.26 Å². The number of carbonyl (C=O) groups is 1. The molecule has 0 saturated carbocycles. The Hall–Kier alpha value is -0.380. The minimum absolute atomic E-state index is 0.201. The van der Waals surface area contributed by atoms with E-state index in [0.717, 1.165) is 6.26 Å². The fourth-order valence-corrected chi connectivity index (χ4v) is 1.25. The van der Waals surface area contributed by atoms with Gasteiger partial charge >= 0.3 is 0 Å². The average Bonchev–Trinajstić information content (AvgIpc) is 1.85. The fraction of sp³-hybridized carbons (Fsp3) is 0.875. The first-order valence-corrected chi connectivity index (χ1v) is 5.85. The number of Topliss-reactive ketones (excluding diaryl/α,β-unsaturated/α-hetero) is 1. The maximum atomic E-state index is 11.3. The summed E-state index contributed by atoms with van der Waals surface area (Å²) in [5, 5.41) is 0. The Labute approximate surface area is 74.1 Å². The molecule has 0 aliphatic carbocycles. The molecule has 0 heterocycles. The van der Waals surface area contributed by atoms with E-state index in [0.29, 0.717) is 12.8 Å². The second-order valence-electron chi connectivity index (χ2n) is 3.46. The lowest BCUT2D eigenvalue weighted by Crippen LogP contribution is -2.39. The highest BCUT2D eigenvalue weighted by molar-refractivity contribution is 7.92. The van der Waals surface area contributed by atoms with Crippen molar-refractivity contribution in [2.45, 2.75) is 38.4 Å². The predicted molar refractivity (Wildman–Crippen MR) is 48.8 cm³/mol. The molecule has 0 aromatic carbocycles. The molecule has 0 bridgehead atoms. The molecule has 0 aliphatic heterocycles. The molecule has 0 atom stereocenters. The summed E-state index contributed by atoms with van der Waals surface area (Å²) in [6.45, 7) is 4.77. The molecule has 0 aromatic rings. The van der Waals surface area contributed by atoms with Gasteiger partial charge in [-0.25, -0.2) is 8.42 Å². The van der Waals surface area contributed by atoms with Crippen molar-refractivity contribution in [1.82, 2.24) is 0 Å². The molecule has 0 rings (SSSR count). The molecule has 0 radical (unpaired) electrons. The molecule has 0 aromatic heterocycles. The van der Waals surface area contributed by atoms with Gasteiger partial charge in [-0.15, -0.1) is 0 Å². The van der Waals surface area contributed by atoms with Gasteiger partial charge < -0.3 is 0 Å². The molecule has 3 nitrogen and oxygen atoms in total. The average molecular weight is 192 g/mol. The molecule has 72 valence electrons. The first-order chi connectivity index (χ1) is 5.23. The largest absolute Gasteiger partial charge is 0.298 e. The Bertz CT molecular complexity index is 262. The number of sulfone groups is 1. The summed E-state index contributed by atoms with van der Waals surface area (Å²) in [5.74, 6) is -0.201. The lowest BCUT2D eigenvalue weighted by atomic mass is 10.0. The lowest BCUT2D eigenvalue weighted by Gasteiger charge is -2.20. The van der Waals surface area contributed by atoms with Gasteiger partial charge in [0.2, 0.25) is 0 Å². The maximum absolute atomic E-state index is 11.3. The number of rotatable bonds is 4. The number of carbonyl (C=O) groups excluding carboxylic acids is 1. The van der Waals surface area contributed by atoms with Gasteiger partial charge in [-0.1, -0.05) is 6.92 Å². The van der Waals surface area contributed by atoms with E-state index in [2.05, 4.69) is 0 Å². The van der Waals surface area contributed by atoms with Crippen LogP contribution in [0.25, 0.3) is 0 Å². The molecule has 0 amide bonds. The van der Waals surface area contributed by atoms with Crippen molar-refractivity contribution < 1.29 is 13.2 Å². The number of hydrogen-bond donors (Lipinski definition) is 0. The molecular weight excluding hydrogens is 176 g/mol. The van der Waals surface area contributed by atoms with Crippen LogP contribution in [0.2, 0.25) is 0 Å². The Morgan fingerprint density at radius 1 is 1.33 bits per heavy atom. The normalized spacial score (nSPS) is 13.0. The van der Waals surface area contributed by atoms with Gasteiger partial charge in [-0.3, -0.25) is 4.79 Å². The quantitative estimate of drug-likeness (QED) is 0.672.